The molecule has 0 spiro atoms. The van der Waals surface area contributed by atoms with Crippen LogP contribution in [0.1, 0.15) is 50.4 Å². The third-order valence-electron chi connectivity index (χ3n) is 5.81. The van der Waals surface area contributed by atoms with E-state index in [1.165, 1.54) is 0 Å². The fraction of sp³-hybridized carbons (Fsp3) is 0.133. The molecular formula is C30H27NO3. The number of hydrogen-bond donors (Lipinski definition) is 0. The predicted octanol–water partition coefficient (Wildman–Crippen LogP) is 6.48. The molecule has 34 heavy (non-hydrogen) atoms. The number of benzene rings is 4. The Labute approximate surface area is 200 Å². The highest BCUT2D eigenvalue weighted by molar-refractivity contribution is 5.98. The van der Waals surface area contributed by atoms with Crippen LogP contribution < -0.4 is 4.74 Å². The summed E-state index contributed by atoms with van der Waals surface area (Å²) in [6, 6.07) is 34.4. The second-order valence-electron chi connectivity index (χ2n) is 8.15. The van der Waals surface area contributed by atoms with Gasteiger partial charge in [0, 0.05) is 12.1 Å². The maximum atomic E-state index is 14.0. The van der Waals surface area contributed by atoms with Gasteiger partial charge in [0.05, 0.1) is 11.6 Å². The van der Waals surface area contributed by atoms with E-state index >= 15 is 0 Å². The largest absolute Gasteiger partial charge is 0.488 e. The summed E-state index contributed by atoms with van der Waals surface area (Å²) in [4.78, 5) is 27.3. The topological polar surface area (TPSA) is 46.6 Å². The van der Waals surface area contributed by atoms with Gasteiger partial charge in [-0.15, -0.1) is 0 Å². The molecular weight excluding hydrogens is 422 g/mol. The van der Waals surface area contributed by atoms with E-state index in [-0.39, 0.29) is 11.9 Å². The van der Waals surface area contributed by atoms with Gasteiger partial charge in [-0.1, -0.05) is 91.0 Å². The highest BCUT2D eigenvalue weighted by Gasteiger charge is 2.26. The molecule has 0 N–H and O–H groups in total. The molecule has 0 unspecified atom stereocenters. The summed E-state index contributed by atoms with van der Waals surface area (Å²) in [5, 5.41) is 0. The second-order valence-corrected chi connectivity index (χ2v) is 8.15. The maximum absolute atomic E-state index is 14.0. The average molecular weight is 450 g/mol. The van der Waals surface area contributed by atoms with Crippen LogP contribution in [0, 0.1) is 0 Å². The van der Waals surface area contributed by atoms with Crippen molar-refractivity contribution < 1.29 is 14.3 Å². The number of carbonyl (C=O) groups is 2. The smallest absolute Gasteiger partial charge is 0.258 e. The zero-order valence-electron chi connectivity index (χ0n) is 19.1. The first-order valence-corrected chi connectivity index (χ1v) is 11.3. The van der Waals surface area contributed by atoms with E-state index in [2.05, 4.69) is 0 Å². The van der Waals surface area contributed by atoms with Crippen molar-refractivity contribution in [2.75, 3.05) is 0 Å². The second kappa shape index (κ2) is 11.1. The lowest BCUT2D eigenvalue weighted by Crippen LogP contribution is -2.33. The Morgan fingerprint density at radius 3 is 2.03 bits per heavy atom. The molecule has 170 valence electrons. The zero-order valence-corrected chi connectivity index (χ0v) is 19.1. The Morgan fingerprint density at radius 1 is 0.824 bits per heavy atom. The van der Waals surface area contributed by atoms with Crippen molar-refractivity contribution in [3.63, 3.8) is 0 Å². The normalized spacial score (nSPS) is 11.4. The number of rotatable bonds is 9. The molecule has 0 bridgehead atoms. The lowest BCUT2D eigenvalue weighted by Gasteiger charge is -2.30. The number of hydrogen-bond acceptors (Lipinski definition) is 3. The number of amides is 1. The van der Waals surface area contributed by atoms with Crippen LogP contribution in [-0.2, 0) is 13.2 Å². The monoisotopic (exact) mass is 449 g/mol. The molecule has 0 aliphatic heterocycles. The Hall–Kier alpha value is -4.18. The van der Waals surface area contributed by atoms with E-state index in [1.807, 2.05) is 103 Å². The van der Waals surface area contributed by atoms with Crippen LogP contribution in [0.2, 0.25) is 0 Å². The third-order valence-corrected chi connectivity index (χ3v) is 5.81. The quantitative estimate of drug-likeness (QED) is 0.275. The summed E-state index contributed by atoms with van der Waals surface area (Å²) >= 11 is 0. The Balaban J connectivity index is 1.69. The van der Waals surface area contributed by atoms with Gasteiger partial charge in [-0.05, 0) is 41.8 Å². The van der Waals surface area contributed by atoms with Gasteiger partial charge in [0.15, 0.2) is 0 Å². The third kappa shape index (κ3) is 5.59. The molecule has 0 saturated carbocycles. The lowest BCUT2D eigenvalue weighted by atomic mass is 10.0. The highest BCUT2D eigenvalue weighted by Crippen LogP contribution is 2.29. The summed E-state index contributed by atoms with van der Waals surface area (Å²) in [5.74, 6) is 0.268. The molecule has 1 atom stereocenters. The van der Waals surface area contributed by atoms with Gasteiger partial charge in [-0.3, -0.25) is 9.59 Å². The number of ether oxygens (including phenoxy) is 1. The van der Waals surface area contributed by atoms with E-state index in [4.69, 9.17) is 4.74 Å². The minimum atomic E-state index is -0.188. The first-order valence-electron chi connectivity index (χ1n) is 11.3. The van der Waals surface area contributed by atoms with Crippen LogP contribution in [-0.4, -0.2) is 17.1 Å². The van der Waals surface area contributed by atoms with Gasteiger partial charge in [0.25, 0.3) is 5.91 Å². The van der Waals surface area contributed by atoms with Crippen molar-refractivity contribution in [2.24, 2.45) is 0 Å². The fourth-order valence-electron chi connectivity index (χ4n) is 3.88. The van der Waals surface area contributed by atoms with Gasteiger partial charge in [0.1, 0.15) is 18.6 Å². The molecule has 0 fully saturated rings. The average Bonchev–Trinajstić information content (AvgIpc) is 2.91. The van der Waals surface area contributed by atoms with Crippen LogP contribution in [0.4, 0.5) is 0 Å². The van der Waals surface area contributed by atoms with Crippen LogP contribution in [0.5, 0.6) is 5.75 Å². The number of carbonyl (C=O) groups excluding carboxylic acids is 2. The van der Waals surface area contributed by atoms with Crippen molar-refractivity contribution in [3.8, 4) is 5.75 Å². The molecule has 4 rings (SSSR count). The SMILES string of the molecule is C[C@@H](c1ccccc1)N(Cc1ccccc1)C(=O)c1cc(C=O)ccc1OCc1ccccc1. The van der Waals surface area contributed by atoms with Crippen molar-refractivity contribution in [3.05, 3.63) is 137 Å². The van der Waals surface area contributed by atoms with Crippen LogP contribution in [0.3, 0.4) is 0 Å². The van der Waals surface area contributed by atoms with Crippen LogP contribution in [0.15, 0.2) is 109 Å². The fourth-order valence-corrected chi connectivity index (χ4v) is 3.88. The van der Waals surface area contributed by atoms with Crippen LogP contribution >= 0.6 is 0 Å². The zero-order chi connectivity index (χ0) is 23.8. The molecule has 0 aliphatic rings. The molecule has 0 heterocycles. The summed E-state index contributed by atoms with van der Waals surface area (Å²) in [6.07, 6.45) is 0.750. The van der Waals surface area contributed by atoms with Crippen LogP contribution in [0.25, 0.3) is 0 Å². The molecule has 0 radical (unpaired) electrons. The minimum Gasteiger partial charge on any atom is -0.488 e. The van der Waals surface area contributed by atoms with E-state index in [0.29, 0.717) is 30.0 Å². The minimum absolute atomic E-state index is 0.184. The first kappa shape index (κ1) is 23.0. The predicted molar refractivity (Wildman–Crippen MR) is 134 cm³/mol. The summed E-state index contributed by atoms with van der Waals surface area (Å²) in [5.41, 5.74) is 3.86. The lowest BCUT2D eigenvalue weighted by molar-refractivity contribution is 0.0669. The Morgan fingerprint density at radius 2 is 1.41 bits per heavy atom. The van der Waals surface area contributed by atoms with Gasteiger partial charge in [0.2, 0.25) is 0 Å². The Bertz CT molecular complexity index is 1220. The molecule has 0 aliphatic carbocycles. The number of aldehydes is 1. The van der Waals surface area contributed by atoms with E-state index < -0.39 is 0 Å². The molecule has 4 aromatic rings. The molecule has 4 nitrogen and oxygen atoms in total. The van der Waals surface area contributed by atoms with Gasteiger partial charge in [-0.25, -0.2) is 0 Å². The van der Waals surface area contributed by atoms with E-state index in [9.17, 15) is 9.59 Å². The molecule has 1 amide bonds. The number of nitrogens with zero attached hydrogens (tertiary/aromatic N) is 1. The van der Waals surface area contributed by atoms with Crippen molar-refractivity contribution in [2.45, 2.75) is 26.1 Å². The molecule has 0 saturated heterocycles. The molecule has 4 aromatic carbocycles. The Kier molecular flexibility index (Phi) is 7.51. The van der Waals surface area contributed by atoms with E-state index in [1.54, 1.807) is 18.2 Å². The summed E-state index contributed by atoms with van der Waals surface area (Å²) in [6.45, 7) is 2.78. The summed E-state index contributed by atoms with van der Waals surface area (Å²) < 4.78 is 6.07. The van der Waals surface area contributed by atoms with Crippen molar-refractivity contribution in [1.82, 2.24) is 4.90 Å². The van der Waals surface area contributed by atoms with Crippen molar-refractivity contribution in [1.29, 1.82) is 0 Å². The molecule has 0 aromatic heterocycles. The van der Waals surface area contributed by atoms with Gasteiger partial charge >= 0.3 is 0 Å². The standard InChI is InChI=1S/C30H27NO3/c1-23(27-15-9-4-10-16-27)31(20-24-11-5-2-6-12-24)30(33)28-19-26(21-32)17-18-29(28)34-22-25-13-7-3-8-14-25/h2-19,21,23H,20,22H2,1H3/t23-/m0/s1. The maximum Gasteiger partial charge on any atom is 0.258 e. The molecule has 4 heteroatoms. The van der Waals surface area contributed by atoms with Crippen molar-refractivity contribution >= 4 is 12.2 Å². The van der Waals surface area contributed by atoms with E-state index in [0.717, 1.165) is 23.0 Å². The van der Waals surface area contributed by atoms with Gasteiger partial charge < -0.3 is 9.64 Å². The summed E-state index contributed by atoms with van der Waals surface area (Å²) in [7, 11) is 0. The first-order chi connectivity index (χ1) is 16.7. The highest BCUT2D eigenvalue weighted by atomic mass is 16.5. The van der Waals surface area contributed by atoms with Gasteiger partial charge in [-0.2, -0.15) is 0 Å².